The van der Waals surface area contributed by atoms with Gasteiger partial charge in [-0.3, -0.25) is 0 Å². The van der Waals surface area contributed by atoms with Crippen molar-refractivity contribution < 1.29 is 4.84 Å². The van der Waals surface area contributed by atoms with Crippen LogP contribution in [0.15, 0.2) is 65.8 Å². The van der Waals surface area contributed by atoms with Gasteiger partial charge in [-0.1, -0.05) is 53.7 Å². The number of benzene rings is 2. The largest absolute Gasteiger partial charge is 0.357 e. The molecule has 2 nitrogen and oxygen atoms in total. The standard InChI is InChI=1S/C13H11NO/c1-3-7-12(8-4-1)11-14-15-13-9-5-2-6-10-13/h1-11H/b14-11-. The van der Waals surface area contributed by atoms with Gasteiger partial charge in [0, 0.05) is 0 Å². The molecule has 0 aliphatic heterocycles. The minimum absolute atomic E-state index is 0.740. The fourth-order valence-corrected chi connectivity index (χ4v) is 1.17. The molecule has 0 unspecified atom stereocenters. The summed E-state index contributed by atoms with van der Waals surface area (Å²) in [5, 5.41) is 3.89. The van der Waals surface area contributed by atoms with E-state index in [-0.39, 0.29) is 0 Å². The molecule has 2 aromatic carbocycles. The van der Waals surface area contributed by atoms with E-state index in [1.54, 1.807) is 6.21 Å². The van der Waals surface area contributed by atoms with E-state index in [0.717, 1.165) is 11.3 Å². The van der Waals surface area contributed by atoms with Crippen molar-refractivity contribution in [3.05, 3.63) is 66.2 Å². The Kier molecular flexibility index (Phi) is 3.13. The predicted molar refractivity (Wildman–Crippen MR) is 61.1 cm³/mol. The van der Waals surface area contributed by atoms with Gasteiger partial charge in [0.05, 0.1) is 6.21 Å². The van der Waals surface area contributed by atoms with Crippen LogP contribution in [0.4, 0.5) is 0 Å². The summed E-state index contributed by atoms with van der Waals surface area (Å²) in [5.74, 6) is 0.740. The van der Waals surface area contributed by atoms with Crippen molar-refractivity contribution >= 4 is 6.21 Å². The number of hydrogen-bond donors (Lipinski definition) is 0. The lowest BCUT2D eigenvalue weighted by atomic mass is 10.2. The van der Waals surface area contributed by atoms with Gasteiger partial charge in [0.2, 0.25) is 0 Å². The van der Waals surface area contributed by atoms with Gasteiger partial charge < -0.3 is 4.84 Å². The first-order chi connectivity index (χ1) is 7.45. The molecule has 0 radical (unpaired) electrons. The van der Waals surface area contributed by atoms with E-state index < -0.39 is 0 Å². The molecular weight excluding hydrogens is 186 g/mol. The molecule has 0 heterocycles. The van der Waals surface area contributed by atoms with Crippen molar-refractivity contribution in [3.63, 3.8) is 0 Å². The SMILES string of the molecule is C(=N/Oc1ccccc1)/c1ccccc1. The monoisotopic (exact) mass is 197 g/mol. The molecule has 2 aromatic rings. The second-order valence-electron chi connectivity index (χ2n) is 3.05. The van der Waals surface area contributed by atoms with Crippen molar-refractivity contribution in [3.8, 4) is 5.75 Å². The maximum absolute atomic E-state index is 5.18. The van der Waals surface area contributed by atoms with E-state index in [1.165, 1.54) is 0 Å². The van der Waals surface area contributed by atoms with Crippen LogP contribution in [0.2, 0.25) is 0 Å². The van der Waals surface area contributed by atoms with Crippen LogP contribution < -0.4 is 4.84 Å². The summed E-state index contributed by atoms with van der Waals surface area (Å²) in [6.07, 6.45) is 1.69. The summed E-state index contributed by atoms with van der Waals surface area (Å²) in [7, 11) is 0. The highest BCUT2D eigenvalue weighted by Crippen LogP contribution is 2.08. The smallest absolute Gasteiger partial charge is 0.157 e. The highest BCUT2D eigenvalue weighted by Gasteiger charge is 1.87. The summed E-state index contributed by atoms with van der Waals surface area (Å²) < 4.78 is 0. The summed E-state index contributed by atoms with van der Waals surface area (Å²) in [6.45, 7) is 0. The van der Waals surface area contributed by atoms with Gasteiger partial charge in [-0.25, -0.2) is 0 Å². The highest BCUT2D eigenvalue weighted by atomic mass is 16.6. The minimum Gasteiger partial charge on any atom is -0.357 e. The molecular formula is C13H11NO. The molecule has 0 atom stereocenters. The highest BCUT2D eigenvalue weighted by molar-refractivity contribution is 5.78. The van der Waals surface area contributed by atoms with Crippen molar-refractivity contribution in [2.75, 3.05) is 0 Å². The van der Waals surface area contributed by atoms with Crippen LogP contribution in [0.1, 0.15) is 5.56 Å². The molecule has 0 N–H and O–H groups in total. The summed E-state index contributed by atoms with van der Waals surface area (Å²) in [5.41, 5.74) is 1.02. The molecule has 0 fully saturated rings. The molecule has 0 aliphatic rings. The van der Waals surface area contributed by atoms with Gasteiger partial charge in [0.15, 0.2) is 5.75 Å². The quantitative estimate of drug-likeness (QED) is 0.547. The molecule has 2 rings (SSSR count). The van der Waals surface area contributed by atoms with Crippen LogP contribution in [0.3, 0.4) is 0 Å². The fourth-order valence-electron chi connectivity index (χ4n) is 1.17. The van der Waals surface area contributed by atoms with Crippen LogP contribution in [0.25, 0.3) is 0 Å². The number of nitrogens with zero attached hydrogens (tertiary/aromatic N) is 1. The van der Waals surface area contributed by atoms with Crippen molar-refractivity contribution in [2.45, 2.75) is 0 Å². The van der Waals surface area contributed by atoms with Crippen LogP contribution in [0.5, 0.6) is 5.75 Å². The predicted octanol–water partition coefficient (Wildman–Crippen LogP) is 3.10. The van der Waals surface area contributed by atoms with Gasteiger partial charge >= 0.3 is 0 Å². The van der Waals surface area contributed by atoms with Gasteiger partial charge in [0.1, 0.15) is 0 Å². The molecule has 0 bridgehead atoms. The van der Waals surface area contributed by atoms with Crippen molar-refractivity contribution in [1.82, 2.24) is 0 Å². The van der Waals surface area contributed by atoms with Gasteiger partial charge in [-0.15, -0.1) is 0 Å². The van der Waals surface area contributed by atoms with Crippen LogP contribution in [0, 0.1) is 0 Å². The van der Waals surface area contributed by atoms with E-state index in [0.29, 0.717) is 0 Å². The average molecular weight is 197 g/mol. The van der Waals surface area contributed by atoms with E-state index in [2.05, 4.69) is 5.16 Å². The van der Waals surface area contributed by atoms with Gasteiger partial charge in [0.25, 0.3) is 0 Å². The molecule has 15 heavy (non-hydrogen) atoms. The molecule has 0 aliphatic carbocycles. The summed E-state index contributed by atoms with van der Waals surface area (Å²) in [4.78, 5) is 5.18. The zero-order chi connectivity index (χ0) is 10.3. The second-order valence-corrected chi connectivity index (χ2v) is 3.05. The fraction of sp³-hybridized carbons (Fsp3) is 0. The van der Waals surface area contributed by atoms with Crippen molar-refractivity contribution in [2.24, 2.45) is 5.16 Å². The lowest BCUT2D eigenvalue weighted by molar-refractivity contribution is 0.344. The molecule has 0 aromatic heterocycles. The molecule has 74 valence electrons. The van der Waals surface area contributed by atoms with Crippen LogP contribution >= 0.6 is 0 Å². The van der Waals surface area contributed by atoms with Gasteiger partial charge in [-0.2, -0.15) is 0 Å². The zero-order valence-electron chi connectivity index (χ0n) is 8.21. The second kappa shape index (κ2) is 4.96. The molecule has 0 saturated heterocycles. The summed E-state index contributed by atoms with van der Waals surface area (Å²) in [6, 6.07) is 19.3. The first-order valence-electron chi connectivity index (χ1n) is 4.75. The molecule has 0 spiro atoms. The topological polar surface area (TPSA) is 21.6 Å². The maximum atomic E-state index is 5.18. The number of rotatable bonds is 3. The number of hydrogen-bond acceptors (Lipinski definition) is 2. The van der Waals surface area contributed by atoms with E-state index in [9.17, 15) is 0 Å². The lowest BCUT2D eigenvalue weighted by Gasteiger charge is -1.96. The number of para-hydroxylation sites is 1. The van der Waals surface area contributed by atoms with E-state index >= 15 is 0 Å². The van der Waals surface area contributed by atoms with E-state index in [1.807, 2.05) is 60.7 Å². The number of oxime groups is 1. The van der Waals surface area contributed by atoms with Gasteiger partial charge in [-0.05, 0) is 17.7 Å². The maximum Gasteiger partial charge on any atom is 0.157 e. The van der Waals surface area contributed by atoms with Crippen LogP contribution in [-0.2, 0) is 0 Å². The Bertz CT molecular complexity index is 423. The Balaban J connectivity index is 1.97. The first-order valence-corrected chi connectivity index (χ1v) is 4.75. The normalized spacial score (nSPS) is 10.4. The van der Waals surface area contributed by atoms with Crippen molar-refractivity contribution in [1.29, 1.82) is 0 Å². The first kappa shape index (κ1) is 9.46. The van der Waals surface area contributed by atoms with E-state index in [4.69, 9.17) is 4.84 Å². The lowest BCUT2D eigenvalue weighted by Crippen LogP contribution is -1.85. The third kappa shape index (κ3) is 2.95. The Morgan fingerprint density at radius 3 is 2.07 bits per heavy atom. The Morgan fingerprint density at radius 2 is 1.40 bits per heavy atom. The zero-order valence-corrected chi connectivity index (χ0v) is 8.21. The average Bonchev–Trinajstić information content (AvgIpc) is 2.32. The Morgan fingerprint density at radius 1 is 0.800 bits per heavy atom. The third-order valence-corrected chi connectivity index (χ3v) is 1.90. The molecule has 2 heteroatoms. The molecule has 0 amide bonds. The summed E-state index contributed by atoms with van der Waals surface area (Å²) >= 11 is 0. The third-order valence-electron chi connectivity index (χ3n) is 1.90. The minimum atomic E-state index is 0.740. The Hall–Kier alpha value is -2.09. The Labute approximate surface area is 88.8 Å². The molecule has 0 saturated carbocycles. The van der Waals surface area contributed by atoms with Crippen LogP contribution in [-0.4, -0.2) is 6.21 Å².